The van der Waals surface area contributed by atoms with Crippen molar-refractivity contribution in [3.63, 3.8) is 0 Å². The Morgan fingerprint density at radius 1 is 1.35 bits per heavy atom. The van der Waals surface area contributed by atoms with Gasteiger partial charge in [-0.25, -0.2) is 0 Å². The number of aliphatic hydroxyl groups excluding tert-OH is 2. The second-order valence-corrected chi connectivity index (χ2v) is 5.77. The van der Waals surface area contributed by atoms with E-state index in [0.717, 1.165) is 18.7 Å². The van der Waals surface area contributed by atoms with Gasteiger partial charge >= 0.3 is 0 Å². The number of benzene rings is 1. The third-order valence-electron chi connectivity index (χ3n) is 4.04. The normalized spacial score (nSPS) is 27.2. The maximum absolute atomic E-state index is 10.4. The van der Waals surface area contributed by atoms with Gasteiger partial charge in [-0.3, -0.25) is 4.90 Å². The predicted octanol–water partition coefficient (Wildman–Crippen LogP) is 1.44. The van der Waals surface area contributed by atoms with E-state index in [-0.39, 0.29) is 18.6 Å². The van der Waals surface area contributed by atoms with Crippen molar-refractivity contribution >= 4 is 0 Å². The summed E-state index contributed by atoms with van der Waals surface area (Å²) >= 11 is 0. The largest absolute Gasteiger partial charge is 0.394 e. The quantitative estimate of drug-likeness (QED) is 0.856. The van der Waals surface area contributed by atoms with E-state index >= 15 is 0 Å². The summed E-state index contributed by atoms with van der Waals surface area (Å²) in [5.74, 6) is 0.136. The number of rotatable bonds is 5. The topological polar surface area (TPSA) is 52.9 Å². The first-order chi connectivity index (χ1) is 9.61. The first-order valence-electron chi connectivity index (χ1n) is 7.31. The van der Waals surface area contributed by atoms with Crippen LogP contribution >= 0.6 is 0 Å². The number of hydrogen-bond acceptors (Lipinski definition) is 4. The lowest BCUT2D eigenvalue weighted by molar-refractivity contribution is -0.0854. The molecule has 1 aliphatic heterocycles. The van der Waals surface area contributed by atoms with E-state index in [2.05, 4.69) is 18.7 Å². The van der Waals surface area contributed by atoms with Crippen LogP contribution in [-0.2, 0) is 4.74 Å². The van der Waals surface area contributed by atoms with Gasteiger partial charge < -0.3 is 14.9 Å². The van der Waals surface area contributed by atoms with Crippen LogP contribution in [0, 0.1) is 5.92 Å². The molecule has 4 unspecified atom stereocenters. The zero-order chi connectivity index (χ0) is 14.5. The van der Waals surface area contributed by atoms with Gasteiger partial charge in [0.05, 0.1) is 25.4 Å². The van der Waals surface area contributed by atoms with Crippen molar-refractivity contribution in [2.45, 2.75) is 32.1 Å². The van der Waals surface area contributed by atoms with E-state index in [9.17, 15) is 10.2 Å². The first kappa shape index (κ1) is 15.4. The molecule has 20 heavy (non-hydrogen) atoms. The van der Waals surface area contributed by atoms with E-state index < -0.39 is 6.10 Å². The molecule has 112 valence electrons. The van der Waals surface area contributed by atoms with Crippen molar-refractivity contribution in [3.05, 3.63) is 35.9 Å². The molecule has 1 aromatic carbocycles. The van der Waals surface area contributed by atoms with E-state index in [1.807, 2.05) is 30.3 Å². The third-order valence-corrected chi connectivity index (χ3v) is 4.04. The van der Waals surface area contributed by atoms with Crippen molar-refractivity contribution in [2.24, 2.45) is 5.92 Å². The van der Waals surface area contributed by atoms with Gasteiger partial charge in [0.1, 0.15) is 0 Å². The van der Waals surface area contributed by atoms with Crippen molar-refractivity contribution < 1.29 is 14.9 Å². The van der Waals surface area contributed by atoms with Crippen LogP contribution in [0.15, 0.2) is 30.3 Å². The molecule has 4 heteroatoms. The van der Waals surface area contributed by atoms with E-state index in [0.29, 0.717) is 12.6 Å². The van der Waals surface area contributed by atoms with Crippen LogP contribution in [-0.4, -0.2) is 53.6 Å². The lowest BCUT2D eigenvalue weighted by Gasteiger charge is -2.39. The molecule has 0 aliphatic carbocycles. The average molecular weight is 279 g/mol. The minimum Gasteiger partial charge on any atom is -0.394 e. The van der Waals surface area contributed by atoms with Crippen LogP contribution in [0.3, 0.4) is 0 Å². The summed E-state index contributed by atoms with van der Waals surface area (Å²) in [6.07, 6.45) is -0.564. The summed E-state index contributed by atoms with van der Waals surface area (Å²) < 4.78 is 5.54. The Kier molecular flexibility index (Phi) is 5.54. The SMILES string of the molecule is CC(CN1CC(CO)OCC1C)C(O)c1ccccc1. The zero-order valence-corrected chi connectivity index (χ0v) is 12.3. The van der Waals surface area contributed by atoms with Crippen LogP contribution in [0.5, 0.6) is 0 Å². The summed E-state index contributed by atoms with van der Waals surface area (Å²) in [6, 6.07) is 10.1. The highest BCUT2D eigenvalue weighted by Gasteiger charge is 2.28. The van der Waals surface area contributed by atoms with Gasteiger partial charge in [-0.15, -0.1) is 0 Å². The van der Waals surface area contributed by atoms with Crippen LogP contribution in [0.2, 0.25) is 0 Å². The minimum absolute atomic E-state index is 0.0544. The van der Waals surface area contributed by atoms with Gasteiger partial charge in [-0.1, -0.05) is 37.3 Å². The molecule has 0 radical (unpaired) electrons. The predicted molar refractivity (Wildman–Crippen MR) is 78.4 cm³/mol. The fraction of sp³-hybridized carbons (Fsp3) is 0.625. The molecule has 2 rings (SSSR count). The Bertz CT molecular complexity index is 398. The van der Waals surface area contributed by atoms with Crippen molar-refractivity contribution in [2.75, 3.05) is 26.3 Å². The summed E-state index contributed by atoms with van der Waals surface area (Å²) in [5.41, 5.74) is 0.958. The number of morpholine rings is 1. The van der Waals surface area contributed by atoms with Gasteiger partial charge in [-0.2, -0.15) is 0 Å². The summed E-state index contributed by atoms with van der Waals surface area (Å²) in [6.45, 7) is 6.40. The Morgan fingerprint density at radius 2 is 2.05 bits per heavy atom. The van der Waals surface area contributed by atoms with Crippen LogP contribution in [0.4, 0.5) is 0 Å². The third kappa shape index (κ3) is 3.79. The molecule has 0 saturated carbocycles. The van der Waals surface area contributed by atoms with Gasteiger partial charge in [-0.05, 0) is 18.4 Å². The minimum atomic E-state index is -0.459. The molecule has 0 amide bonds. The smallest absolute Gasteiger partial charge is 0.0933 e. The molecular weight excluding hydrogens is 254 g/mol. The van der Waals surface area contributed by atoms with Gasteiger partial charge in [0.2, 0.25) is 0 Å². The van der Waals surface area contributed by atoms with Crippen molar-refractivity contribution in [3.8, 4) is 0 Å². The average Bonchev–Trinajstić information content (AvgIpc) is 2.49. The van der Waals surface area contributed by atoms with Gasteiger partial charge in [0.25, 0.3) is 0 Å². The van der Waals surface area contributed by atoms with Crippen LogP contribution < -0.4 is 0 Å². The monoisotopic (exact) mass is 279 g/mol. The maximum atomic E-state index is 10.4. The molecule has 0 aromatic heterocycles. The Balaban J connectivity index is 1.94. The number of ether oxygens (including phenoxy) is 1. The highest BCUT2D eigenvalue weighted by molar-refractivity contribution is 5.17. The van der Waals surface area contributed by atoms with Crippen LogP contribution in [0.1, 0.15) is 25.5 Å². The fourth-order valence-corrected chi connectivity index (χ4v) is 2.69. The fourth-order valence-electron chi connectivity index (χ4n) is 2.69. The maximum Gasteiger partial charge on any atom is 0.0933 e. The van der Waals surface area contributed by atoms with Crippen LogP contribution in [0.25, 0.3) is 0 Å². The van der Waals surface area contributed by atoms with E-state index in [4.69, 9.17) is 4.74 Å². The lowest BCUT2D eigenvalue weighted by atomic mass is 9.96. The Hall–Kier alpha value is -0.940. The second kappa shape index (κ2) is 7.18. The van der Waals surface area contributed by atoms with Gasteiger partial charge in [0.15, 0.2) is 0 Å². The summed E-state index contributed by atoms with van der Waals surface area (Å²) in [5, 5.41) is 19.6. The van der Waals surface area contributed by atoms with Crippen molar-refractivity contribution in [1.82, 2.24) is 4.90 Å². The highest BCUT2D eigenvalue weighted by Crippen LogP contribution is 2.24. The lowest BCUT2D eigenvalue weighted by Crippen LogP contribution is -2.51. The molecule has 2 N–H and O–H groups in total. The molecule has 1 aliphatic rings. The molecule has 1 fully saturated rings. The van der Waals surface area contributed by atoms with Crippen molar-refractivity contribution in [1.29, 1.82) is 0 Å². The molecule has 4 atom stereocenters. The number of hydrogen-bond donors (Lipinski definition) is 2. The van der Waals surface area contributed by atoms with Gasteiger partial charge in [0, 0.05) is 19.1 Å². The second-order valence-electron chi connectivity index (χ2n) is 5.77. The highest BCUT2D eigenvalue weighted by atomic mass is 16.5. The Morgan fingerprint density at radius 3 is 2.70 bits per heavy atom. The summed E-state index contributed by atoms with van der Waals surface area (Å²) in [4.78, 5) is 2.29. The molecule has 0 spiro atoms. The van der Waals surface area contributed by atoms with E-state index in [1.54, 1.807) is 0 Å². The molecule has 4 nitrogen and oxygen atoms in total. The molecule has 0 bridgehead atoms. The Labute approximate surface area is 121 Å². The summed E-state index contributed by atoms with van der Waals surface area (Å²) in [7, 11) is 0. The number of nitrogens with zero attached hydrogens (tertiary/aromatic N) is 1. The van der Waals surface area contributed by atoms with E-state index in [1.165, 1.54) is 0 Å². The zero-order valence-electron chi connectivity index (χ0n) is 12.3. The number of aliphatic hydroxyl groups is 2. The molecule has 1 saturated heterocycles. The molecular formula is C16H25NO3. The molecule has 1 aromatic rings. The molecule has 1 heterocycles. The standard InChI is InChI=1S/C16H25NO3/c1-12(16(19)14-6-4-3-5-7-14)8-17-9-15(10-18)20-11-13(17)2/h3-7,12-13,15-16,18-19H,8-11H2,1-2H3. The first-order valence-corrected chi connectivity index (χ1v) is 7.31.